The summed E-state index contributed by atoms with van der Waals surface area (Å²) in [6.07, 6.45) is 0. The molecule has 0 aliphatic rings. The van der Waals surface area contributed by atoms with E-state index in [1.807, 2.05) is 62.5 Å². The predicted octanol–water partition coefficient (Wildman–Crippen LogP) is 2.91. The van der Waals surface area contributed by atoms with Crippen molar-refractivity contribution in [3.8, 4) is 22.8 Å². The first-order valence-corrected chi connectivity index (χ1v) is 9.33. The molecule has 148 valence electrons. The summed E-state index contributed by atoms with van der Waals surface area (Å²) < 4.78 is 10.2. The highest BCUT2D eigenvalue weighted by molar-refractivity contribution is 6.33. The maximum atomic E-state index is 12.3. The van der Waals surface area contributed by atoms with E-state index in [0.717, 1.165) is 22.4 Å². The molecule has 2 aromatic heterocycles. The van der Waals surface area contributed by atoms with E-state index >= 15 is 0 Å². The van der Waals surface area contributed by atoms with Gasteiger partial charge in [0.2, 0.25) is 5.88 Å². The maximum absolute atomic E-state index is 12.3. The maximum Gasteiger partial charge on any atom is 0.368 e. The Balaban J connectivity index is 1.65. The highest BCUT2D eigenvalue weighted by atomic mass is 35.5. The molecule has 0 atom stereocenters. The number of tetrazole rings is 1. The summed E-state index contributed by atoms with van der Waals surface area (Å²) in [5.41, 5.74) is 3.70. The number of aromatic nitrogens is 6. The van der Waals surface area contributed by atoms with Gasteiger partial charge in [-0.05, 0) is 35.0 Å². The van der Waals surface area contributed by atoms with Crippen LogP contribution in [0.1, 0.15) is 11.1 Å². The van der Waals surface area contributed by atoms with Crippen LogP contribution in [0.25, 0.3) is 16.9 Å². The smallest absolute Gasteiger partial charge is 0.368 e. The van der Waals surface area contributed by atoms with Crippen LogP contribution in [0.3, 0.4) is 0 Å². The molecular formula is C20H19ClN6O2. The average Bonchev–Trinajstić information content (AvgIpc) is 3.23. The summed E-state index contributed by atoms with van der Waals surface area (Å²) in [5, 5.41) is 12.9. The Kier molecular flexibility index (Phi) is 4.94. The van der Waals surface area contributed by atoms with Crippen molar-refractivity contribution in [2.45, 2.75) is 13.5 Å². The van der Waals surface area contributed by atoms with Crippen molar-refractivity contribution in [2.75, 3.05) is 0 Å². The highest BCUT2D eigenvalue weighted by Crippen LogP contribution is 2.29. The third kappa shape index (κ3) is 3.54. The monoisotopic (exact) mass is 410 g/mol. The highest BCUT2D eigenvalue weighted by Gasteiger charge is 2.15. The lowest BCUT2D eigenvalue weighted by Crippen LogP contribution is -2.23. The molecule has 9 heteroatoms. The molecule has 0 unspecified atom stereocenters. The number of benzene rings is 2. The summed E-state index contributed by atoms with van der Waals surface area (Å²) in [6.45, 7) is 2.20. The van der Waals surface area contributed by atoms with Crippen LogP contribution in [0, 0.1) is 6.92 Å². The minimum absolute atomic E-state index is 0.243. The first-order valence-electron chi connectivity index (χ1n) is 8.95. The zero-order chi connectivity index (χ0) is 20.5. The van der Waals surface area contributed by atoms with Gasteiger partial charge in [-0.25, -0.2) is 9.48 Å². The van der Waals surface area contributed by atoms with Crippen LogP contribution in [-0.2, 0) is 20.7 Å². The molecule has 0 radical (unpaired) electrons. The van der Waals surface area contributed by atoms with Gasteiger partial charge >= 0.3 is 5.69 Å². The minimum atomic E-state index is -0.321. The zero-order valence-electron chi connectivity index (χ0n) is 16.2. The van der Waals surface area contributed by atoms with Crippen LogP contribution < -0.4 is 10.4 Å². The van der Waals surface area contributed by atoms with E-state index in [1.54, 1.807) is 11.7 Å². The zero-order valence-corrected chi connectivity index (χ0v) is 17.0. The van der Waals surface area contributed by atoms with Crippen molar-refractivity contribution in [1.29, 1.82) is 0 Å². The van der Waals surface area contributed by atoms with Crippen LogP contribution in [0.2, 0.25) is 5.02 Å². The molecule has 0 saturated heterocycles. The van der Waals surface area contributed by atoms with Crippen LogP contribution in [0.5, 0.6) is 5.88 Å². The summed E-state index contributed by atoms with van der Waals surface area (Å²) in [6, 6.07) is 15.0. The number of rotatable bonds is 5. The van der Waals surface area contributed by atoms with Gasteiger partial charge in [-0.3, -0.25) is 0 Å². The molecule has 0 N–H and O–H groups in total. The molecule has 0 spiro atoms. The van der Waals surface area contributed by atoms with Gasteiger partial charge in [-0.1, -0.05) is 41.9 Å². The topological polar surface area (TPSA) is 79.8 Å². The Morgan fingerprint density at radius 2 is 1.83 bits per heavy atom. The van der Waals surface area contributed by atoms with Crippen molar-refractivity contribution in [2.24, 2.45) is 14.1 Å². The van der Waals surface area contributed by atoms with Crippen LogP contribution >= 0.6 is 11.6 Å². The molecule has 4 rings (SSSR count). The molecule has 0 saturated carbocycles. The summed E-state index contributed by atoms with van der Waals surface area (Å²) >= 11 is 6.28. The van der Waals surface area contributed by atoms with Crippen LogP contribution in [-0.4, -0.2) is 29.6 Å². The van der Waals surface area contributed by atoms with E-state index < -0.39 is 0 Å². The predicted molar refractivity (Wildman–Crippen MR) is 109 cm³/mol. The van der Waals surface area contributed by atoms with E-state index in [1.165, 1.54) is 9.36 Å². The first-order chi connectivity index (χ1) is 14.0. The Hall–Kier alpha value is -3.39. The Morgan fingerprint density at radius 3 is 2.55 bits per heavy atom. The van der Waals surface area contributed by atoms with Crippen molar-refractivity contribution >= 4 is 11.6 Å². The lowest BCUT2D eigenvalue weighted by molar-refractivity contribution is 0.277. The summed E-state index contributed by atoms with van der Waals surface area (Å²) in [7, 11) is 3.37. The average molecular weight is 411 g/mol. The largest absolute Gasteiger partial charge is 0.473 e. The van der Waals surface area contributed by atoms with E-state index in [0.29, 0.717) is 16.6 Å². The Bertz CT molecular complexity index is 1240. The molecule has 0 fully saturated rings. The molecule has 0 aliphatic carbocycles. The fourth-order valence-electron chi connectivity index (χ4n) is 3.07. The number of hydrogen-bond donors (Lipinski definition) is 0. The van der Waals surface area contributed by atoms with Gasteiger partial charge in [0.15, 0.2) is 0 Å². The molecule has 29 heavy (non-hydrogen) atoms. The lowest BCUT2D eigenvalue weighted by atomic mass is 10.1. The third-order valence-electron chi connectivity index (χ3n) is 4.69. The quantitative estimate of drug-likeness (QED) is 0.505. The van der Waals surface area contributed by atoms with Crippen LogP contribution in [0.15, 0.2) is 53.3 Å². The van der Waals surface area contributed by atoms with E-state index in [4.69, 9.17) is 16.3 Å². The number of nitrogens with zero attached hydrogens (tertiary/aromatic N) is 6. The summed E-state index contributed by atoms with van der Waals surface area (Å²) in [5.74, 6) is 0.584. The normalized spacial score (nSPS) is 11.0. The molecule has 2 aromatic carbocycles. The van der Waals surface area contributed by atoms with Crippen molar-refractivity contribution in [1.82, 2.24) is 29.6 Å². The van der Waals surface area contributed by atoms with Gasteiger partial charge in [0.25, 0.3) is 0 Å². The van der Waals surface area contributed by atoms with Gasteiger partial charge in [0, 0.05) is 31.3 Å². The number of aryl methyl sites for hydroxylation is 3. The number of hydrogen-bond acceptors (Lipinski definition) is 5. The molecule has 4 aromatic rings. The Labute approximate surface area is 171 Å². The second-order valence-corrected chi connectivity index (χ2v) is 7.04. The van der Waals surface area contributed by atoms with Gasteiger partial charge < -0.3 is 4.74 Å². The standard InChI is InChI=1S/C20H19ClN6O2/c1-13-7-6-10-18(27-20(28)26(3)23-24-27)15(13)12-29-19-11-17(22-25(19)2)14-8-4-5-9-16(14)21/h4-11H,12H2,1-3H3. The molecule has 0 aliphatic heterocycles. The summed E-state index contributed by atoms with van der Waals surface area (Å²) in [4.78, 5) is 12.3. The number of halogens is 1. The fourth-order valence-corrected chi connectivity index (χ4v) is 3.30. The molecular weight excluding hydrogens is 392 g/mol. The van der Waals surface area contributed by atoms with Crippen LogP contribution in [0.4, 0.5) is 0 Å². The van der Waals surface area contributed by atoms with Gasteiger partial charge in [0.05, 0.1) is 16.4 Å². The van der Waals surface area contributed by atoms with E-state index in [-0.39, 0.29) is 12.3 Å². The van der Waals surface area contributed by atoms with Crippen molar-refractivity contribution < 1.29 is 4.74 Å². The van der Waals surface area contributed by atoms with Crippen molar-refractivity contribution in [3.63, 3.8) is 0 Å². The third-order valence-corrected chi connectivity index (χ3v) is 5.02. The van der Waals surface area contributed by atoms with Gasteiger partial charge in [0.1, 0.15) is 6.61 Å². The van der Waals surface area contributed by atoms with Crippen molar-refractivity contribution in [3.05, 3.63) is 75.2 Å². The van der Waals surface area contributed by atoms with Gasteiger partial charge in [-0.15, -0.1) is 0 Å². The molecule has 2 heterocycles. The first kappa shape index (κ1) is 18.9. The molecule has 0 amide bonds. The van der Waals surface area contributed by atoms with E-state index in [9.17, 15) is 4.79 Å². The fraction of sp³-hybridized carbons (Fsp3) is 0.200. The number of ether oxygens (including phenoxy) is 1. The SMILES string of the molecule is Cc1cccc(-n2nnn(C)c2=O)c1COc1cc(-c2ccccc2Cl)nn1C. The lowest BCUT2D eigenvalue weighted by Gasteiger charge is -2.12. The minimum Gasteiger partial charge on any atom is -0.473 e. The second-order valence-electron chi connectivity index (χ2n) is 6.63. The second kappa shape index (κ2) is 7.56. The molecule has 8 nitrogen and oxygen atoms in total. The Morgan fingerprint density at radius 1 is 1.03 bits per heavy atom. The molecule has 0 bridgehead atoms. The van der Waals surface area contributed by atoms with E-state index in [2.05, 4.69) is 15.5 Å². The van der Waals surface area contributed by atoms with Gasteiger partial charge in [-0.2, -0.15) is 14.5 Å².